The highest BCUT2D eigenvalue weighted by atomic mass is 19.4. The molecule has 2 nitrogen and oxygen atoms in total. The lowest BCUT2D eigenvalue weighted by Gasteiger charge is -2.15. The van der Waals surface area contributed by atoms with Gasteiger partial charge >= 0.3 is 6.18 Å². The van der Waals surface area contributed by atoms with E-state index in [0.717, 1.165) is 6.07 Å². The maximum absolute atomic E-state index is 12.6. The summed E-state index contributed by atoms with van der Waals surface area (Å²) in [6, 6.07) is -0.171. The minimum absolute atomic E-state index is 0.505. The van der Waals surface area contributed by atoms with Crippen molar-refractivity contribution in [2.45, 2.75) is 12.2 Å². The summed E-state index contributed by atoms with van der Waals surface area (Å²) in [6.45, 7) is 0. The standard InChI is InChI=1S/C8H7F4NO/c9-5-1-4(2-6(14)3-5)7(13)8(10,11)12/h1-3,7,14H,13H2/t7-/m1/s1. The molecular formula is C8H7F4NO. The van der Waals surface area contributed by atoms with Crippen LogP contribution in [0.1, 0.15) is 11.6 Å². The fourth-order valence-corrected chi connectivity index (χ4v) is 0.965. The van der Waals surface area contributed by atoms with Crippen LogP contribution in [0.2, 0.25) is 0 Å². The number of hydrogen-bond acceptors (Lipinski definition) is 2. The Bertz CT molecular complexity index is 316. The number of rotatable bonds is 1. The Morgan fingerprint density at radius 2 is 1.79 bits per heavy atom. The molecule has 0 aliphatic carbocycles. The van der Waals surface area contributed by atoms with Crippen LogP contribution < -0.4 is 5.73 Å². The molecule has 0 unspecified atom stereocenters. The average Bonchev–Trinajstić information content (AvgIpc) is 1.99. The molecule has 0 aromatic heterocycles. The van der Waals surface area contributed by atoms with Crippen LogP contribution >= 0.6 is 0 Å². The van der Waals surface area contributed by atoms with E-state index in [1.165, 1.54) is 0 Å². The Morgan fingerprint density at radius 3 is 2.21 bits per heavy atom. The summed E-state index contributed by atoms with van der Waals surface area (Å²) in [4.78, 5) is 0. The van der Waals surface area contributed by atoms with Crippen molar-refractivity contribution in [1.82, 2.24) is 0 Å². The fourth-order valence-electron chi connectivity index (χ4n) is 0.965. The van der Waals surface area contributed by atoms with Crippen molar-refractivity contribution in [2.24, 2.45) is 5.73 Å². The molecular weight excluding hydrogens is 202 g/mol. The quantitative estimate of drug-likeness (QED) is 0.695. The third-order valence-corrected chi connectivity index (χ3v) is 1.62. The van der Waals surface area contributed by atoms with Gasteiger partial charge in [0.05, 0.1) is 0 Å². The van der Waals surface area contributed by atoms with Crippen LogP contribution in [0.5, 0.6) is 5.75 Å². The molecule has 0 amide bonds. The Hall–Kier alpha value is -1.30. The van der Waals surface area contributed by atoms with Gasteiger partial charge in [-0.05, 0) is 17.7 Å². The maximum Gasteiger partial charge on any atom is 0.407 e. The summed E-state index contributed by atoms with van der Waals surface area (Å²) in [5.41, 5.74) is 4.30. The smallest absolute Gasteiger partial charge is 0.407 e. The fraction of sp³-hybridized carbons (Fsp3) is 0.250. The third-order valence-electron chi connectivity index (χ3n) is 1.62. The number of benzene rings is 1. The van der Waals surface area contributed by atoms with Crippen molar-refractivity contribution in [3.63, 3.8) is 0 Å². The lowest BCUT2D eigenvalue weighted by Crippen LogP contribution is -2.28. The molecule has 78 valence electrons. The number of alkyl halides is 3. The number of phenolic OH excluding ortho intramolecular Hbond substituents is 1. The van der Waals surface area contributed by atoms with E-state index in [4.69, 9.17) is 10.8 Å². The molecule has 1 atom stereocenters. The molecule has 0 bridgehead atoms. The van der Waals surface area contributed by atoms with Gasteiger partial charge in [0.1, 0.15) is 17.6 Å². The molecule has 14 heavy (non-hydrogen) atoms. The third kappa shape index (κ3) is 2.35. The van der Waals surface area contributed by atoms with E-state index < -0.39 is 29.3 Å². The van der Waals surface area contributed by atoms with E-state index in [-0.39, 0.29) is 0 Å². The number of aromatic hydroxyl groups is 1. The first-order valence-electron chi connectivity index (χ1n) is 3.62. The zero-order chi connectivity index (χ0) is 10.9. The predicted octanol–water partition coefficient (Wildman–Crippen LogP) is 2.09. The van der Waals surface area contributed by atoms with Gasteiger partial charge in [0.2, 0.25) is 0 Å². The number of halogens is 4. The van der Waals surface area contributed by atoms with E-state index in [0.29, 0.717) is 12.1 Å². The number of nitrogens with two attached hydrogens (primary N) is 1. The van der Waals surface area contributed by atoms with Gasteiger partial charge in [-0.15, -0.1) is 0 Å². The molecule has 0 saturated carbocycles. The van der Waals surface area contributed by atoms with Crippen molar-refractivity contribution in [3.8, 4) is 5.75 Å². The lowest BCUT2D eigenvalue weighted by molar-refractivity contribution is -0.149. The van der Waals surface area contributed by atoms with Crippen LogP contribution in [-0.2, 0) is 0 Å². The number of phenols is 1. The second-order valence-corrected chi connectivity index (χ2v) is 2.76. The van der Waals surface area contributed by atoms with Gasteiger partial charge in [0.15, 0.2) is 0 Å². The molecule has 6 heteroatoms. The number of hydrogen-bond donors (Lipinski definition) is 2. The highest BCUT2D eigenvalue weighted by molar-refractivity contribution is 5.30. The van der Waals surface area contributed by atoms with Gasteiger partial charge in [-0.1, -0.05) is 0 Å². The average molecular weight is 209 g/mol. The molecule has 3 N–H and O–H groups in total. The zero-order valence-corrected chi connectivity index (χ0v) is 6.85. The highest BCUT2D eigenvalue weighted by Gasteiger charge is 2.38. The van der Waals surface area contributed by atoms with Gasteiger partial charge in [-0.2, -0.15) is 13.2 Å². The minimum atomic E-state index is -4.65. The first-order valence-corrected chi connectivity index (χ1v) is 3.62. The van der Waals surface area contributed by atoms with Crippen LogP contribution in [-0.4, -0.2) is 11.3 Å². The second kappa shape index (κ2) is 3.45. The van der Waals surface area contributed by atoms with E-state index in [1.54, 1.807) is 0 Å². The molecule has 0 spiro atoms. The van der Waals surface area contributed by atoms with E-state index in [2.05, 4.69) is 0 Å². The Kier molecular flexibility index (Phi) is 2.66. The molecule has 1 aromatic carbocycles. The summed E-state index contributed by atoms with van der Waals surface area (Å²) < 4.78 is 48.8. The highest BCUT2D eigenvalue weighted by Crippen LogP contribution is 2.32. The van der Waals surface area contributed by atoms with Crippen molar-refractivity contribution in [3.05, 3.63) is 29.6 Å². The Labute approximate surface area is 77.0 Å². The van der Waals surface area contributed by atoms with E-state index in [9.17, 15) is 17.6 Å². The van der Waals surface area contributed by atoms with Crippen LogP contribution in [0.15, 0.2) is 18.2 Å². The normalized spacial score (nSPS) is 14.1. The summed E-state index contributed by atoms with van der Waals surface area (Å²) in [7, 11) is 0. The monoisotopic (exact) mass is 209 g/mol. The van der Waals surface area contributed by atoms with Crippen LogP contribution in [0.4, 0.5) is 17.6 Å². The van der Waals surface area contributed by atoms with Gasteiger partial charge < -0.3 is 10.8 Å². The molecule has 0 aliphatic heterocycles. The molecule has 0 heterocycles. The predicted molar refractivity (Wildman–Crippen MR) is 41.0 cm³/mol. The van der Waals surface area contributed by atoms with Gasteiger partial charge in [0, 0.05) is 6.07 Å². The van der Waals surface area contributed by atoms with Crippen molar-refractivity contribution < 1.29 is 22.7 Å². The Morgan fingerprint density at radius 1 is 1.21 bits per heavy atom. The second-order valence-electron chi connectivity index (χ2n) is 2.76. The summed E-state index contributed by atoms with van der Waals surface area (Å²) in [5, 5.41) is 8.85. The van der Waals surface area contributed by atoms with Gasteiger partial charge in [-0.25, -0.2) is 4.39 Å². The van der Waals surface area contributed by atoms with Crippen molar-refractivity contribution >= 4 is 0 Å². The van der Waals surface area contributed by atoms with Crippen LogP contribution in [0, 0.1) is 5.82 Å². The summed E-state index contributed by atoms with van der Waals surface area (Å²) in [5.74, 6) is -1.54. The van der Waals surface area contributed by atoms with E-state index >= 15 is 0 Å². The largest absolute Gasteiger partial charge is 0.508 e. The van der Waals surface area contributed by atoms with E-state index in [1.807, 2.05) is 0 Å². The first kappa shape index (κ1) is 10.8. The summed E-state index contributed by atoms with van der Waals surface area (Å²) in [6.07, 6.45) is -4.65. The van der Waals surface area contributed by atoms with Gasteiger partial charge in [0.25, 0.3) is 0 Å². The summed E-state index contributed by atoms with van der Waals surface area (Å²) >= 11 is 0. The van der Waals surface area contributed by atoms with Crippen molar-refractivity contribution in [1.29, 1.82) is 0 Å². The molecule has 0 aliphatic rings. The van der Waals surface area contributed by atoms with Crippen LogP contribution in [0.25, 0.3) is 0 Å². The topological polar surface area (TPSA) is 46.2 Å². The zero-order valence-electron chi connectivity index (χ0n) is 6.85. The molecule has 0 saturated heterocycles. The first-order chi connectivity index (χ1) is 6.30. The van der Waals surface area contributed by atoms with Crippen LogP contribution in [0.3, 0.4) is 0 Å². The Balaban J connectivity index is 3.07. The van der Waals surface area contributed by atoms with Crippen molar-refractivity contribution in [2.75, 3.05) is 0 Å². The molecule has 0 radical (unpaired) electrons. The molecule has 1 rings (SSSR count). The lowest BCUT2D eigenvalue weighted by atomic mass is 10.1. The molecule has 0 fully saturated rings. The maximum atomic E-state index is 12.6. The molecule has 1 aromatic rings. The SMILES string of the molecule is N[C@H](c1cc(O)cc(F)c1)C(F)(F)F. The minimum Gasteiger partial charge on any atom is -0.508 e. The van der Waals surface area contributed by atoms with Gasteiger partial charge in [-0.3, -0.25) is 0 Å².